The van der Waals surface area contributed by atoms with Crippen LogP contribution in [-0.2, 0) is 16.0 Å². The fraction of sp³-hybridized carbons (Fsp3) is 0.385. The smallest absolute Gasteiger partial charge is 0.258 e. The number of hydrogen-bond donors (Lipinski definition) is 0. The maximum absolute atomic E-state index is 11.7. The summed E-state index contributed by atoms with van der Waals surface area (Å²) >= 11 is 0. The first-order chi connectivity index (χ1) is 14.7. The third-order valence-electron chi connectivity index (χ3n) is 5.38. The van der Waals surface area contributed by atoms with Crippen molar-refractivity contribution in [3.63, 3.8) is 0 Å². The van der Waals surface area contributed by atoms with E-state index in [1.807, 2.05) is 12.1 Å². The van der Waals surface area contributed by atoms with Gasteiger partial charge < -0.3 is 4.74 Å². The second kappa shape index (κ2) is 11.3. The van der Waals surface area contributed by atoms with Crippen LogP contribution in [0.15, 0.2) is 60.7 Å². The Morgan fingerprint density at radius 2 is 1.17 bits per heavy atom. The molecule has 0 aromatic heterocycles. The number of carbonyl (C=O) groups is 2. The maximum Gasteiger partial charge on any atom is 0.258 e. The summed E-state index contributed by atoms with van der Waals surface area (Å²) in [5.41, 5.74) is 1.88. The first-order valence-corrected chi connectivity index (χ1v) is 11.1. The van der Waals surface area contributed by atoms with Gasteiger partial charge in [0, 0.05) is 12.2 Å². The standard InChI is InChI=1S/C26H31NO3/c1-2-3-4-5-6-7-8-9-10-21-11-15-23(16-12-21)30-24-17-13-22(14-18-24)27-25(28)19-20-26(27)29/h11-20H,2-10H2,1H3. The van der Waals surface area contributed by atoms with E-state index in [1.54, 1.807) is 24.3 Å². The number of anilines is 1. The van der Waals surface area contributed by atoms with Crippen molar-refractivity contribution in [3.8, 4) is 11.5 Å². The summed E-state index contributed by atoms with van der Waals surface area (Å²) in [6.45, 7) is 2.26. The molecule has 1 aliphatic heterocycles. The van der Waals surface area contributed by atoms with E-state index >= 15 is 0 Å². The highest BCUT2D eigenvalue weighted by molar-refractivity contribution is 6.28. The molecule has 1 heterocycles. The van der Waals surface area contributed by atoms with Gasteiger partial charge in [0.15, 0.2) is 0 Å². The van der Waals surface area contributed by atoms with Crippen molar-refractivity contribution in [1.82, 2.24) is 0 Å². The average Bonchev–Trinajstić information content (AvgIpc) is 3.10. The van der Waals surface area contributed by atoms with Crippen LogP contribution in [0.2, 0.25) is 0 Å². The molecule has 2 aromatic carbocycles. The molecule has 4 nitrogen and oxygen atoms in total. The van der Waals surface area contributed by atoms with Gasteiger partial charge in [-0.2, -0.15) is 0 Å². The normalized spacial score (nSPS) is 13.3. The molecule has 2 amide bonds. The van der Waals surface area contributed by atoms with Gasteiger partial charge in [-0.05, 0) is 54.8 Å². The second-order valence-corrected chi connectivity index (χ2v) is 7.81. The SMILES string of the molecule is CCCCCCCCCCc1ccc(Oc2ccc(N3C(=O)C=CC3=O)cc2)cc1. The van der Waals surface area contributed by atoms with E-state index in [1.165, 1.54) is 69.1 Å². The molecule has 0 aliphatic carbocycles. The highest BCUT2D eigenvalue weighted by Crippen LogP contribution is 2.26. The number of carbonyl (C=O) groups excluding carboxylic acids is 2. The predicted octanol–water partition coefficient (Wildman–Crippen LogP) is 6.59. The third-order valence-corrected chi connectivity index (χ3v) is 5.38. The second-order valence-electron chi connectivity index (χ2n) is 7.81. The Hall–Kier alpha value is -2.88. The van der Waals surface area contributed by atoms with Crippen LogP contribution in [0.3, 0.4) is 0 Å². The zero-order valence-electron chi connectivity index (χ0n) is 17.8. The fourth-order valence-corrected chi connectivity index (χ4v) is 3.64. The van der Waals surface area contributed by atoms with Crippen LogP contribution in [0.5, 0.6) is 11.5 Å². The van der Waals surface area contributed by atoms with E-state index < -0.39 is 0 Å². The molecule has 30 heavy (non-hydrogen) atoms. The van der Waals surface area contributed by atoms with Gasteiger partial charge in [0.1, 0.15) is 11.5 Å². The highest BCUT2D eigenvalue weighted by atomic mass is 16.5. The van der Waals surface area contributed by atoms with E-state index in [2.05, 4.69) is 19.1 Å². The van der Waals surface area contributed by atoms with Crippen LogP contribution in [0.4, 0.5) is 5.69 Å². The molecule has 0 bridgehead atoms. The van der Waals surface area contributed by atoms with E-state index in [0.717, 1.165) is 17.1 Å². The lowest BCUT2D eigenvalue weighted by molar-refractivity contribution is -0.119. The molecule has 0 unspecified atom stereocenters. The molecule has 0 radical (unpaired) electrons. The van der Waals surface area contributed by atoms with Crippen molar-refractivity contribution in [2.24, 2.45) is 0 Å². The Morgan fingerprint density at radius 1 is 0.667 bits per heavy atom. The molecule has 0 spiro atoms. The molecule has 1 aliphatic rings. The number of hydrogen-bond acceptors (Lipinski definition) is 3. The minimum atomic E-state index is -0.319. The predicted molar refractivity (Wildman–Crippen MR) is 121 cm³/mol. The number of aryl methyl sites for hydroxylation is 1. The number of rotatable bonds is 12. The lowest BCUT2D eigenvalue weighted by Crippen LogP contribution is -2.29. The Kier molecular flexibility index (Phi) is 8.25. The van der Waals surface area contributed by atoms with Gasteiger partial charge in [-0.25, -0.2) is 4.90 Å². The molecular weight excluding hydrogens is 374 g/mol. The van der Waals surface area contributed by atoms with Crippen LogP contribution in [0.25, 0.3) is 0 Å². The Bertz CT molecular complexity index is 835. The Labute approximate surface area is 179 Å². The summed E-state index contributed by atoms with van der Waals surface area (Å²) in [5, 5.41) is 0. The molecule has 0 N–H and O–H groups in total. The molecule has 3 rings (SSSR count). The van der Waals surface area contributed by atoms with Gasteiger partial charge in [-0.1, -0.05) is 64.0 Å². The zero-order valence-corrected chi connectivity index (χ0v) is 17.8. The van der Waals surface area contributed by atoms with Crippen LogP contribution >= 0.6 is 0 Å². The largest absolute Gasteiger partial charge is 0.457 e. The molecule has 0 fully saturated rings. The first kappa shape index (κ1) is 21.8. The van der Waals surface area contributed by atoms with Gasteiger partial charge in [0.2, 0.25) is 0 Å². The number of ether oxygens (including phenoxy) is 1. The lowest BCUT2D eigenvalue weighted by atomic mass is 10.0. The minimum absolute atomic E-state index is 0.319. The zero-order chi connectivity index (χ0) is 21.2. The minimum Gasteiger partial charge on any atom is -0.457 e. The number of unbranched alkanes of at least 4 members (excludes halogenated alkanes) is 7. The third kappa shape index (κ3) is 6.31. The average molecular weight is 406 g/mol. The number of nitrogens with zero attached hydrogens (tertiary/aromatic N) is 1. The van der Waals surface area contributed by atoms with E-state index in [0.29, 0.717) is 11.4 Å². The van der Waals surface area contributed by atoms with Crippen molar-refractivity contribution in [3.05, 3.63) is 66.2 Å². The quantitative estimate of drug-likeness (QED) is 0.295. The lowest BCUT2D eigenvalue weighted by Gasteiger charge is -2.14. The Balaban J connectivity index is 1.41. The molecule has 4 heteroatoms. The van der Waals surface area contributed by atoms with E-state index in [4.69, 9.17) is 4.74 Å². The highest BCUT2D eigenvalue weighted by Gasteiger charge is 2.24. The van der Waals surface area contributed by atoms with Crippen LogP contribution in [-0.4, -0.2) is 11.8 Å². The summed E-state index contributed by atoms with van der Waals surface area (Å²) < 4.78 is 5.89. The summed E-state index contributed by atoms with van der Waals surface area (Å²) in [7, 11) is 0. The number of imide groups is 1. The number of amides is 2. The summed E-state index contributed by atoms with van der Waals surface area (Å²) in [6.07, 6.45) is 14.3. The van der Waals surface area contributed by atoms with Crippen LogP contribution in [0, 0.1) is 0 Å². The molecule has 2 aromatic rings. The molecule has 0 saturated carbocycles. The van der Waals surface area contributed by atoms with Gasteiger partial charge in [-0.3, -0.25) is 9.59 Å². The molecule has 158 valence electrons. The van der Waals surface area contributed by atoms with Gasteiger partial charge in [0.05, 0.1) is 5.69 Å². The Morgan fingerprint density at radius 3 is 1.73 bits per heavy atom. The van der Waals surface area contributed by atoms with Crippen molar-refractivity contribution in [1.29, 1.82) is 0 Å². The van der Waals surface area contributed by atoms with Crippen molar-refractivity contribution in [2.45, 2.75) is 64.7 Å². The molecular formula is C26H31NO3. The number of benzene rings is 2. The fourth-order valence-electron chi connectivity index (χ4n) is 3.64. The summed E-state index contributed by atoms with van der Waals surface area (Å²) in [6, 6.07) is 15.2. The van der Waals surface area contributed by atoms with Gasteiger partial charge in [-0.15, -0.1) is 0 Å². The van der Waals surface area contributed by atoms with E-state index in [-0.39, 0.29) is 11.8 Å². The van der Waals surface area contributed by atoms with Gasteiger partial charge >= 0.3 is 0 Å². The van der Waals surface area contributed by atoms with Gasteiger partial charge in [0.25, 0.3) is 11.8 Å². The van der Waals surface area contributed by atoms with Crippen molar-refractivity contribution < 1.29 is 14.3 Å². The van der Waals surface area contributed by atoms with Crippen LogP contribution < -0.4 is 9.64 Å². The topological polar surface area (TPSA) is 46.6 Å². The van der Waals surface area contributed by atoms with Crippen molar-refractivity contribution >= 4 is 17.5 Å². The van der Waals surface area contributed by atoms with Crippen molar-refractivity contribution in [2.75, 3.05) is 4.90 Å². The summed E-state index contributed by atoms with van der Waals surface area (Å²) in [4.78, 5) is 24.6. The van der Waals surface area contributed by atoms with E-state index in [9.17, 15) is 9.59 Å². The first-order valence-electron chi connectivity index (χ1n) is 11.1. The molecule has 0 saturated heterocycles. The summed E-state index contributed by atoms with van der Waals surface area (Å²) in [5.74, 6) is 0.806. The molecule has 0 atom stereocenters. The van der Waals surface area contributed by atoms with Crippen LogP contribution in [0.1, 0.15) is 63.9 Å². The monoisotopic (exact) mass is 405 g/mol. The maximum atomic E-state index is 11.7.